The van der Waals surface area contributed by atoms with Crippen molar-refractivity contribution < 1.29 is 20.8 Å². The number of fused-ring (bicyclic) bond motifs is 1. The summed E-state index contributed by atoms with van der Waals surface area (Å²) in [5.41, 5.74) is 3.99. The molecule has 0 aliphatic heterocycles. The van der Waals surface area contributed by atoms with Crippen LogP contribution in [0.5, 0.6) is 0 Å². The van der Waals surface area contributed by atoms with E-state index in [1.165, 1.54) is 27.5 Å². The van der Waals surface area contributed by atoms with Gasteiger partial charge >= 0.3 is 37.9 Å². The summed E-state index contributed by atoms with van der Waals surface area (Å²) in [4.78, 5) is 0. The van der Waals surface area contributed by atoms with Crippen LogP contribution in [0.15, 0.2) is 59.1 Å². The molecule has 3 aromatic carbocycles. The van der Waals surface area contributed by atoms with Crippen molar-refractivity contribution in [3.63, 3.8) is 0 Å². The van der Waals surface area contributed by atoms with Gasteiger partial charge in [0.2, 0.25) is 0 Å². The third-order valence-corrected chi connectivity index (χ3v) is 3.85. The Morgan fingerprint density at radius 2 is 1.81 bits per heavy atom. The van der Waals surface area contributed by atoms with Gasteiger partial charge in [-0.25, -0.2) is 0 Å². The molecular formula is C17H14BrCl2Zr-. The van der Waals surface area contributed by atoms with Gasteiger partial charge in [-0.05, 0) is 24.1 Å². The van der Waals surface area contributed by atoms with Crippen molar-refractivity contribution in [2.24, 2.45) is 0 Å². The summed E-state index contributed by atoms with van der Waals surface area (Å²) in [6.07, 6.45) is 1.09. The second kappa shape index (κ2) is 8.58. The number of halogens is 3. The number of hydrogen-bond acceptors (Lipinski definition) is 0. The van der Waals surface area contributed by atoms with Gasteiger partial charge in [-0.15, -0.1) is 34.5 Å². The maximum absolute atomic E-state index is 4.93. The van der Waals surface area contributed by atoms with Crippen molar-refractivity contribution in [2.75, 3.05) is 0 Å². The summed E-state index contributed by atoms with van der Waals surface area (Å²) < 4.78 is 1.12. The summed E-state index contributed by atoms with van der Waals surface area (Å²) in [7, 11) is 9.87. The van der Waals surface area contributed by atoms with Crippen LogP contribution in [0.25, 0.3) is 21.9 Å². The SMILES string of the molecule is CCc1cc2c(-c3cccc(Br)c3)cccc2[cH-]1.[Cl][Zr][Cl]. The van der Waals surface area contributed by atoms with Crippen molar-refractivity contribution in [1.82, 2.24) is 0 Å². The van der Waals surface area contributed by atoms with Gasteiger partial charge in [0.1, 0.15) is 0 Å². The Morgan fingerprint density at radius 3 is 2.48 bits per heavy atom. The Bertz CT molecular complexity index is 722. The van der Waals surface area contributed by atoms with Crippen LogP contribution in [0.3, 0.4) is 0 Å². The number of hydrogen-bond donors (Lipinski definition) is 0. The van der Waals surface area contributed by atoms with E-state index in [9.17, 15) is 0 Å². The Hall–Kier alpha value is -0.00688. The van der Waals surface area contributed by atoms with E-state index in [0.29, 0.717) is 0 Å². The molecule has 108 valence electrons. The molecule has 0 atom stereocenters. The molecule has 0 aliphatic rings. The van der Waals surface area contributed by atoms with E-state index < -0.39 is 20.8 Å². The minimum atomic E-state index is -0.826. The molecule has 0 unspecified atom stereocenters. The molecule has 4 heteroatoms. The molecule has 0 saturated heterocycles. The van der Waals surface area contributed by atoms with Crippen LogP contribution < -0.4 is 0 Å². The summed E-state index contributed by atoms with van der Waals surface area (Å²) in [5.74, 6) is 0. The molecule has 0 nitrogen and oxygen atoms in total. The van der Waals surface area contributed by atoms with Crippen molar-refractivity contribution in [2.45, 2.75) is 13.3 Å². The van der Waals surface area contributed by atoms with Crippen molar-refractivity contribution in [3.05, 3.63) is 64.6 Å². The van der Waals surface area contributed by atoms with E-state index >= 15 is 0 Å². The monoisotopic (exact) mass is 457 g/mol. The molecule has 3 rings (SSSR count). The fourth-order valence-corrected chi connectivity index (χ4v) is 2.81. The molecule has 0 saturated carbocycles. The standard InChI is InChI=1S/C17H14Br.2ClH.Zr/c1-2-12-9-13-6-4-8-16(17(13)10-12)14-5-3-7-15(18)11-14;;;/h3-11H,2H2,1H3;2*1H;/q-1;;;+2/p-2. The minimum absolute atomic E-state index is 0.826. The molecule has 0 fully saturated rings. The van der Waals surface area contributed by atoms with Gasteiger partial charge in [0, 0.05) is 4.47 Å². The first-order valence-corrected chi connectivity index (χ1v) is 13.7. The fraction of sp³-hybridized carbons (Fsp3) is 0.118. The topological polar surface area (TPSA) is 0 Å². The van der Waals surface area contributed by atoms with Gasteiger partial charge in [0.15, 0.2) is 0 Å². The molecular weight excluding hydrogens is 446 g/mol. The molecule has 0 amide bonds. The molecule has 21 heavy (non-hydrogen) atoms. The average Bonchev–Trinajstić information content (AvgIpc) is 2.91. The second-order valence-electron chi connectivity index (χ2n) is 4.61. The van der Waals surface area contributed by atoms with Gasteiger partial charge in [-0.3, -0.25) is 0 Å². The second-order valence-corrected chi connectivity index (χ2v) is 9.25. The first kappa shape index (κ1) is 17.3. The quantitative estimate of drug-likeness (QED) is 0.364. The van der Waals surface area contributed by atoms with E-state index in [1.807, 2.05) is 0 Å². The van der Waals surface area contributed by atoms with Gasteiger partial charge in [0.05, 0.1) is 0 Å². The molecule has 0 N–H and O–H groups in total. The maximum atomic E-state index is 4.93. The van der Waals surface area contributed by atoms with Crippen LogP contribution in [0.4, 0.5) is 0 Å². The zero-order chi connectivity index (χ0) is 15.2. The van der Waals surface area contributed by atoms with Crippen LogP contribution >= 0.6 is 33.0 Å². The summed E-state index contributed by atoms with van der Waals surface area (Å²) in [6.45, 7) is 2.20. The molecule has 0 radical (unpaired) electrons. The zero-order valence-corrected chi connectivity index (χ0v) is 17.1. The van der Waals surface area contributed by atoms with Crippen LogP contribution in [0.1, 0.15) is 12.5 Å². The third kappa shape index (κ3) is 4.48. The number of benzene rings is 2. The Morgan fingerprint density at radius 1 is 1.10 bits per heavy atom. The Labute approximate surface area is 152 Å². The average molecular weight is 460 g/mol. The molecule has 0 bridgehead atoms. The van der Waals surface area contributed by atoms with Gasteiger partial charge in [0.25, 0.3) is 0 Å². The van der Waals surface area contributed by atoms with E-state index in [2.05, 4.69) is 77.5 Å². The molecule has 0 aromatic heterocycles. The van der Waals surface area contributed by atoms with E-state index in [4.69, 9.17) is 17.0 Å². The van der Waals surface area contributed by atoms with Crippen molar-refractivity contribution in [1.29, 1.82) is 0 Å². The molecule has 3 aromatic rings. The summed E-state index contributed by atoms with van der Waals surface area (Å²) in [5, 5.41) is 2.69. The van der Waals surface area contributed by atoms with Crippen LogP contribution in [0, 0.1) is 0 Å². The molecule has 0 aliphatic carbocycles. The third-order valence-electron chi connectivity index (χ3n) is 3.35. The summed E-state index contributed by atoms with van der Waals surface area (Å²) in [6, 6.07) is 19.6. The number of rotatable bonds is 2. The number of aryl methyl sites for hydroxylation is 1. The van der Waals surface area contributed by atoms with E-state index in [-0.39, 0.29) is 0 Å². The summed E-state index contributed by atoms with van der Waals surface area (Å²) >= 11 is 2.72. The Kier molecular flexibility index (Phi) is 7.09. The molecule has 0 heterocycles. The van der Waals surface area contributed by atoms with E-state index in [0.717, 1.165) is 10.9 Å². The van der Waals surface area contributed by atoms with Crippen molar-refractivity contribution in [3.8, 4) is 11.1 Å². The van der Waals surface area contributed by atoms with Crippen LogP contribution in [0.2, 0.25) is 0 Å². The van der Waals surface area contributed by atoms with Gasteiger partial charge in [-0.1, -0.05) is 46.6 Å². The van der Waals surface area contributed by atoms with Gasteiger partial charge < -0.3 is 0 Å². The predicted molar refractivity (Wildman–Crippen MR) is 93.8 cm³/mol. The molecule has 0 spiro atoms. The zero-order valence-electron chi connectivity index (χ0n) is 11.5. The van der Waals surface area contributed by atoms with E-state index in [1.54, 1.807) is 0 Å². The van der Waals surface area contributed by atoms with Crippen LogP contribution in [-0.4, -0.2) is 0 Å². The van der Waals surface area contributed by atoms with Crippen LogP contribution in [-0.2, 0) is 27.3 Å². The fourth-order valence-electron chi connectivity index (χ4n) is 2.41. The van der Waals surface area contributed by atoms with Crippen molar-refractivity contribution >= 4 is 43.7 Å². The Balaban J connectivity index is 0.000000497. The first-order valence-electron chi connectivity index (χ1n) is 6.60. The first-order chi connectivity index (χ1) is 10.2. The predicted octanol–water partition coefficient (Wildman–Crippen LogP) is 6.93. The normalized spacial score (nSPS) is 10.1. The van der Waals surface area contributed by atoms with Gasteiger partial charge in [-0.2, -0.15) is 6.07 Å².